The molecule has 6 aromatic rings. The molecule has 178 valence electrons. The molecule has 0 nitrogen and oxygen atoms in total. The minimum Gasteiger partial charge on any atom is -0.121 e. The molecule has 0 saturated heterocycles. The third-order valence-electron chi connectivity index (χ3n) is 8.00. The van der Waals surface area contributed by atoms with Crippen LogP contribution >= 0.6 is 7.92 Å². The minimum absolute atomic E-state index is 0.584. The average molecular weight is 501 g/mol. The Morgan fingerprint density at radius 3 is 1.97 bits per heavy atom. The van der Waals surface area contributed by atoms with Crippen molar-refractivity contribution in [2.24, 2.45) is 0 Å². The molecule has 38 heavy (non-hydrogen) atoms. The lowest BCUT2D eigenvalue weighted by Gasteiger charge is -2.20. The van der Waals surface area contributed by atoms with Gasteiger partial charge in [-0.05, 0) is 111 Å². The fourth-order valence-electron chi connectivity index (χ4n) is 6.29. The van der Waals surface area contributed by atoms with Gasteiger partial charge in [0, 0.05) is 5.31 Å². The van der Waals surface area contributed by atoms with Gasteiger partial charge in [-0.25, -0.2) is 0 Å². The molecule has 0 bridgehead atoms. The highest BCUT2D eigenvalue weighted by Crippen LogP contribution is 2.51. The molecule has 0 aliphatic heterocycles. The Balaban J connectivity index is 1.31. The van der Waals surface area contributed by atoms with E-state index in [0.717, 1.165) is 12.8 Å². The van der Waals surface area contributed by atoms with Gasteiger partial charge in [0.1, 0.15) is 0 Å². The molecule has 0 heterocycles. The predicted molar refractivity (Wildman–Crippen MR) is 165 cm³/mol. The topological polar surface area (TPSA) is 0 Å². The number of rotatable bonds is 4. The molecule has 0 spiro atoms. The Labute approximate surface area is 224 Å². The smallest absolute Gasteiger partial charge is 0.00428 e. The van der Waals surface area contributed by atoms with Crippen LogP contribution in [-0.4, -0.2) is 0 Å². The van der Waals surface area contributed by atoms with Gasteiger partial charge in [-0.1, -0.05) is 103 Å². The standard InChI is InChI=1S/C37H25P/c1-2-13-28(14-3-1)38(29-15-6-7-16-29)30-17-8-12-27(22-30)31-20-21-34-36-24-26-11-5-4-10-25(26)23-35(36)33-19-9-18-32(31)37(33)34/h1-6,8-14,17-24H,7,16H2. The lowest BCUT2D eigenvalue weighted by atomic mass is 9.94. The molecular formula is C37H25P. The SMILES string of the molecule is C1=CCCC=1P(c1ccccc1)c1cccc(-c2ccc3c4c(cccc24)-c2cc4ccccc4cc2-3)c1. The van der Waals surface area contributed by atoms with Crippen LogP contribution in [0.2, 0.25) is 0 Å². The van der Waals surface area contributed by atoms with Gasteiger partial charge in [0.15, 0.2) is 0 Å². The predicted octanol–water partition coefficient (Wildman–Crippen LogP) is 9.57. The molecule has 1 heteroatoms. The highest BCUT2D eigenvalue weighted by Gasteiger charge is 2.24. The highest BCUT2D eigenvalue weighted by atomic mass is 31.1. The van der Waals surface area contributed by atoms with Crippen LogP contribution in [0, 0.1) is 0 Å². The van der Waals surface area contributed by atoms with E-state index >= 15 is 0 Å². The number of hydrogen-bond acceptors (Lipinski definition) is 0. The van der Waals surface area contributed by atoms with Gasteiger partial charge in [-0.3, -0.25) is 0 Å². The summed E-state index contributed by atoms with van der Waals surface area (Å²) in [5.74, 6) is 0. The van der Waals surface area contributed by atoms with E-state index in [1.165, 1.54) is 70.8 Å². The summed E-state index contributed by atoms with van der Waals surface area (Å²) in [7, 11) is -0.584. The minimum atomic E-state index is -0.584. The van der Waals surface area contributed by atoms with Crippen LogP contribution in [0.4, 0.5) is 0 Å². The number of allylic oxidation sites excluding steroid dienone is 1. The fourth-order valence-corrected chi connectivity index (χ4v) is 8.76. The summed E-state index contributed by atoms with van der Waals surface area (Å²) in [6.45, 7) is 0. The fraction of sp³-hybridized carbons (Fsp3) is 0.0541. The summed E-state index contributed by atoms with van der Waals surface area (Å²) in [5, 5.41) is 9.57. The zero-order chi connectivity index (χ0) is 25.1. The van der Waals surface area contributed by atoms with E-state index in [2.05, 4.69) is 133 Å². The zero-order valence-corrected chi connectivity index (χ0v) is 21.9. The van der Waals surface area contributed by atoms with Gasteiger partial charge >= 0.3 is 0 Å². The zero-order valence-electron chi connectivity index (χ0n) is 21.0. The molecule has 2 aliphatic carbocycles. The van der Waals surface area contributed by atoms with Crippen molar-refractivity contribution in [3.63, 3.8) is 0 Å². The quantitative estimate of drug-likeness (QED) is 0.167. The monoisotopic (exact) mass is 500 g/mol. The first kappa shape index (κ1) is 21.8. The summed E-state index contributed by atoms with van der Waals surface area (Å²) in [5.41, 5.74) is 11.6. The normalized spacial score (nSPS) is 14.2. The summed E-state index contributed by atoms with van der Waals surface area (Å²) in [6, 6.07) is 45.2. The maximum absolute atomic E-state index is 3.61. The largest absolute Gasteiger partial charge is 0.121 e. The molecule has 0 amide bonds. The molecule has 1 atom stereocenters. The molecule has 0 saturated carbocycles. The van der Waals surface area contributed by atoms with Gasteiger partial charge < -0.3 is 0 Å². The van der Waals surface area contributed by atoms with Crippen LogP contribution in [0.15, 0.2) is 138 Å². The van der Waals surface area contributed by atoms with Gasteiger partial charge in [0.05, 0.1) is 0 Å². The van der Waals surface area contributed by atoms with Crippen molar-refractivity contribution in [2.75, 3.05) is 0 Å². The highest BCUT2D eigenvalue weighted by molar-refractivity contribution is 7.76. The average Bonchev–Trinajstić information content (AvgIpc) is 3.61. The van der Waals surface area contributed by atoms with Crippen LogP contribution in [0.3, 0.4) is 0 Å². The second kappa shape index (κ2) is 8.68. The van der Waals surface area contributed by atoms with Gasteiger partial charge in [-0.15, -0.1) is 5.73 Å². The van der Waals surface area contributed by atoms with Crippen LogP contribution in [-0.2, 0) is 0 Å². The maximum Gasteiger partial charge on any atom is 0.00428 e. The summed E-state index contributed by atoms with van der Waals surface area (Å²) in [4.78, 5) is 0. The second-order valence-corrected chi connectivity index (χ2v) is 12.4. The van der Waals surface area contributed by atoms with E-state index in [1.807, 2.05) is 0 Å². The maximum atomic E-state index is 3.61. The molecule has 8 rings (SSSR count). The van der Waals surface area contributed by atoms with Gasteiger partial charge in [-0.2, -0.15) is 0 Å². The molecule has 0 aromatic heterocycles. The Kier molecular flexibility index (Phi) is 4.99. The first-order valence-electron chi connectivity index (χ1n) is 13.3. The summed E-state index contributed by atoms with van der Waals surface area (Å²) >= 11 is 0. The third kappa shape index (κ3) is 3.35. The lowest BCUT2D eigenvalue weighted by molar-refractivity contribution is 1.07. The van der Waals surface area contributed by atoms with Crippen LogP contribution in [0.5, 0.6) is 0 Å². The summed E-state index contributed by atoms with van der Waals surface area (Å²) < 4.78 is 0. The van der Waals surface area contributed by atoms with Crippen molar-refractivity contribution in [1.82, 2.24) is 0 Å². The van der Waals surface area contributed by atoms with Crippen LogP contribution in [0.1, 0.15) is 12.8 Å². The van der Waals surface area contributed by atoms with Crippen molar-refractivity contribution < 1.29 is 0 Å². The number of hydrogen-bond donors (Lipinski definition) is 0. The molecule has 2 aliphatic rings. The molecule has 6 aromatic carbocycles. The Morgan fingerprint density at radius 1 is 0.526 bits per heavy atom. The number of benzene rings is 6. The van der Waals surface area contributed by atoms with E-state index in [-0.39, 0.29) is 0 Å². The van der Waals surface area contributed by atoms with E-state index in [4.69, 9.17) is 0 Å². The van der Waals surface area contributed by atoms with E-state index in [1.54, 1.807) is 0 Å². The Bertz CT molecular complexity index is 1910. The Hall–Kier alpha value is -4.21. The van der Waals surface area contributed by atoms with Crippen LogP contribution < -0.4 is 10.6 Å². The first-order chi connectivity index (χ1) is 18.8. The Morgan fingerprint density at radius 2 is 1.21 bits per heavy atom. The van der Waals surface area contributed by atoms with Crippen molar-refractivity contribution >= 4 is 40.1 Å². The summed E-state index contributed by atoms with van der Waals surface area (Å²) in [6.07, 6.45) is 4.42. The first-order valence-corrected chi connectivity index (χ1v) is 14.7. The van der Waals surface area contributed by atoms with Crippen molar-refractivity contribution in [3.8, 4) is 33.4 Å². The third-order valence-corrected chi connectivity index (χ3v) is 10.5. The van der Waals surface area contributed by atoms with Gasteiger partial charge in [0.2, 0.25) is 0 Å². The second-order valence-electron chi connectivity index (χ2n) is 10.2. The van der Waals surface area contributed by atoms with E-state index < -0.39 is 7.92 Å². The molecule has 0 radical (unpaired) electrons. The van der Waals surface area contributed by atoms with Crippen molar-refractivity contribution in [3.05, 3.63) is 138 Å². The van der Waals surface area contributed by atoms with Crippen molar-refractivity contribution in [1.29, 1.82) is 0 Å². The molecular weight excluding hydrogens is 475 g/mol. The van der Waals surface area contributed by atoms with E-state index in [9.17, 15) is 0 Å². The van der Waals surface area contributed by atoms with E-state index in [0.29, 0.717) is 0 Å². The molecule has 1 unspecified atom stereocenters. The van der Waals surface area contributed by atoms with Crippen LogP contribution in [0.25, 0.3) is 54.9 Å². The number of fused-ring (bicyclic) bond motifs is 4. The van der Waals surface area contributed by atoms with Gasteiger partial charge in [0.25, 0.3) is 0 Å². The molecule has 0 N–H and O–H groups in total. The lowest BCUT2D eigenvalue weighted by Crippen LogP contribution is -2.12. The van der Waals surface area contributed by atoms with Crippen molar-refractivity contribution in [2.45, 2.75) is 12.8 Å². The molecule has 0 fully saturated rings.